The molecule has 0 radical (unpaired) electrons. The van der Waals surface area contributed by atoms with Gasteiger partial charge in [0.2, 0.25) is 0 Å². The van der Waals surface area contributed by atoms with Gasteiger partial charge in [-0.05, 0) is 32.3 Å². The summed E-state index contributed by atoms with van der Waals surface area (Å²) in [6.07, 6.45) is 3.28. The first-order valence-corrected chi connectivity index (χ1v) is 5.84. The van der Waals surface area contributed by atoms with Crippen LogP contribution in [0.2, 0.25) is 0 Å². The summed E-state index contributed by atoms with van der Waals surface area (Å²) in [4.78, 5) is 0. The van der Waals surface area contributed by atoms with Gasteiger partial charge in [-0.1, -0.05) is 0 Å². The zero-order valence-corrected chi connectivity index (χ0v) is 9.32. The molecule has 3 nitrogen and oxygen atoms in total. The van der Waals surface area contributed by atoms with Crippen molar-refractivity contribution < 1.29 is 0 Å². The molecule has 0 unspecified atom stereocenters. The van der Waals surface area contributed by atoms with Gasteiger partial charge in [-0.2, -0.15) is 16.9 Å². The van der Waals surface area contributed by atoms with Crippen LogP contribution in [-0.2, 0) is 6.54 Å². The Morgan fingerprint density at radius 2 is 2.15 bits per heavy atom. The maximum Gasteiger partial charge on any atom is 0.0825 e. The maximum absolute atomic E-state index is 5.82. The molecule has 0 saturated heterocycles. The number of hydrogen-bond acceptors (Lipinski definition) is 3. The first-order chi connectivity index (χ1) is 6.16. The van der Waals surface area contributed by atoms with Crippen LogP contribution in [0.4, 0.5) is 5.69 Å². The van der Waals surface area contributed by atoms with Crippen molar-refractivity contribution >= 4 is 17.4 Å². The fourth-order valence-electron chi connectivity index (χ4n) is 1.29. The number of aromatic nitrogens is 2. The third-order valence-corrected chi connectivity index (χ3v) is 2.85. The first kappa shape index (κ1) is 10.4. The Bertz CT molecular complexity index is 281. The van der Waals surface area contributed by atoms with Gasteiger partial charge in [0.15, 0.2) is 0 Å². The van der Waals surface area contributed by atoms with Gasteiger partial charge >= 0.3 is 0 Å². The van der Waals surface area contributed by atoms with Gasteiger partial charge in [0.05, 0.1) is 17.1 Å². The van der Waals surface area contributed by atoms with Gasteiger partial charge in [-0.25, -0.2) is 0 Å². The van der Waals surface area contributed by atoms with E-state index in [-0.39, 0.29) is 0 Å². The lowest BCUT2D eigenvalue weighted by Gasteiger charge is -2.02. The standard InChI is InChI=1S/C9H17N3S/c1-7-9(10)8(2)12(11-7)5-4-6-13-3/h4-6,10H2,1-3H3. The van der Waals surface area contributed by atoms with Gasteiger partial charge in [-0.3, -0.25) is 4.68 Å². The summed E-state index contributed by atoms with van der Waals surface area (Å²) < 4.78 is 2.00. The molecule has 1 aromatic rings. The second-order valence-corrected chi connectivity index (χ2v) is 4.14. The summed E-state index contributed by atoms with van der Waals surface area (Å²) >= 11 is 1.87. The molecule has 74 valence electrons. The lowest BCUT2D eigenvalue weighted by Crippen LogP contribution is -2.03. The van der Waals surface area contributed by atoms with Gasteiger partial charge < -0.3 is 5.73 Å². The quantitative estimate of drug-likeness (QED) is 0.752. The van der Waals surface area contributed by atoms with E-state index in [1.165, 1.54) is 5.75 Å². The highest BCUT2D eigenvalue weighted by Gasteiger charge is 2.06. The third kappa shape index (κ3) is 2.40. The summed E-state index contributed by atoms with van der Waals surface area (Å²) in [6.45, 7) is 4.95. The molecule has 0 atom stereocenters. The number of nitrogen functional groups attached to an aromatic ring is 1. The lowest BCUT2D eigenvalue weighted by atomic mass is 10.3. The van der Waals surface area contributed by atoms with Crippen LogP contribution in [0.5, 0.6) is 0 Å². The van der Waals surface area contributed by atoms with Crippen molar-refractivity contribution in [2.24, 2.45) is 0 Å². The smallest absolute Gasteiger partial charge is 0.0825 e. The number of hydrogen-bond donors (Lipinski definition) is 1. The average molecular weight is 199 g/mol. The Morgan fingerprint density at radius 3 is 2.62 bits per heavy atom. The van der Waals surface area contributed by atoms with Gasteiger partial charge in [-0.15, -0.1) is 0 Å². The fourth-order valence-corrected chi connectivity index (χ4v) is 1.70. The van der Waals surface area contributed by atoms with Crippen molar-refractivity contribution in [3.8, 4) is 0 Å². The second kappa shape index (κ2) is 4.56. The SMILES string of the molecule is CSCCCn1nc(C)c(N)c1C. The molecule has 1 heterocycles. The summed E-state index contributed by atoms with van der Waals surface area (Å²) in [7, 11) is 0. The van der Waals surface area contributed by atoms with E-state index >= 15 is 0 Å². The number of anilines is 1. The molecule has 13 heavy (non-hydrogen) atoms. The van der Waals surface area contributed by atoms with E-state index < -0.39 is 0 Å². The molecular weight excluding hydrogens is 182 g/mol. The van der Waals surface area contributed by atoms with E-state index in [0.717, 1.165) is 30.0 Å². The fraction of sp³-hybridized carbons (Fsp3) is 0.667. The highest BCUT2D eigenvalue weighted by Crippen LogP contribution is 2.15. The van der Waals surface area contributed by atoms with Crippen molar-refractivity contribution in [1.29, 1.82) is 0 Å². The predicted octanol–water partition coefficient (Wildman–Crippen LogP) is 1.84. The monoisotopic (exact) mass is 199 g/mol. The number of aryl methyl sites for hydroxylation is 2. The Morgan fingerprint density at radius 1 is 1.46 bits per heavy atom. The second-order valence-electron chi connectivity index (χ2n) is 3.15. The van der Waals surface area contributed by atoms with Crippen molar-refractivity contribution in [3.05, 3.63) is 11.4 Å². The van der Waals surface area contributed by atoms with E-state index in [4.69, 9.17) is 5.73 Å². The summed E-state index contributed by atoms with van der Waals surface area (Å²) in [5.41, 5.74) is 8.70. The minimum Gasteiger partial charge on any atom is -0.396 e. The van der Waals surface area contributed by atoms with Crippen molar-refractivity contribution in [2.45, 2.75) is 26.8 Å². The Hall–Kier alpha value is -0.640. The summed E-state index contributed by atoms with van der Waals surface area (Å²) in [5, 5.41) is 4.36. The average Bonchev–Trinajstić information content (AvgIpc) is 2.34. The van der Waals surface area contributed by atoms with Crippen LogP contribution in [0.25, 0.3) is 0 Å². The Labute approximate surface area is 83.7 Å². The predicted molar refractivity (Wildman–Crippen MR) is 59.1 cm³/mol. The molecule has 2 N–H and O–H groups in total. The van der Waals surface area contributed by atoms with E-state index in [9.17, 15) is 0 Å². The Kier molecular flexibility index (Phi) is 3.66. The van der Waals surface area contributed by atoms with E-state index in [2.05, 4.69) is 11.4 Å². The zero-order chi connectivity index (χ0) is 9.84. The molecular formula is C9H17N3S. The van der Waals surface area contributed by atoms with E-state index in [1.54, 1.807) is 0 Å². The zero-order valence-electron chi connectivity index (χ0n) is 8.50. The minimum absolute atomic E-state index is 0.837. The summed E-state index contributed by atoms with van der Waals surface area (Å²) in [6, 6.07) is 0. The number of nitrogens with two attached hydrogens (primary N) is 1. The molecule has 0 aromatic carbocycles. The van der Waals surface area contributed by atoms with Crippen molar-refractivity contribution in [2.75, 3.05) is 17.7 Å². The normalized spacial score (nSPS) is 10.7. The number of thioether (sulfide) groups is 1. The third-order valence-electron chi connectivity index (χ3n) is 2.16. The molecule has 0 aliphatic heterocycles. The number of rotatable bonds is 4. The molecule has 0 aliphatic carbocycles. The minimum atomic E-state index is 0.837. The molecule has 1 rings (SSSR count). The van der Waals surface area contributed by atoms with Gasteiger partial charge in [0.25, 0.3) is 0 Å². The molecule has 0 spiro atoms. The molecule has 1 aromatic heterocycles. The molecule has 0 saturated carbocycles. The molecule has 0 bridgehead atoms. The van der Waals surface area contributed by atoms with Crippen LogP contribution in [0.3, 0.4) is 0 Å². The van der Waals surface area contributed by atoms with E-state index in [1.807, 2.05) is 30.3 Å². The largest absolute Gasteiger partial charge is 0.396 e. The lowest BCUT2D eigenvalue weighted by molar-refractivity contribution is 0.587. The first-order valence-electron chi connectivity index (χ1n) is 4.45. The Balaban J connectivity index is 2.61. The van der Waals surface area contributed by atoms with Crippen LogP contribution in [0, 0.1) is 13.8 Å². The number of nitrogens with zero attached hydrogens (tertiary/aromatic N) is 2. The molecule has 0 fully saturated rings. The van der Waals surface area contributed by atoms with Crippen molar-refractivity contribution in [1.82, 2.24) is 9.78 Å². The summed E-state index contributed by atoms with van der Waals surface area (Å²) in [5.74, 6) is 1.18. The van der Waals surface area contributed by atoms with Crippen LogP contribution in [0.15, 0.2) is 0 Å². The highest BCUT2D eigenvalue weighted by atomic mass is 32.2. The molecule has 0 amide bonds. The van der Waals surface area contributed by atoms with Gasteiger partial charge in [0, 0.05) is 6.54 Å². The highest BCUT2D eigenvalue weighted by molar-refractivity contribution is 7.98. The van der Waals surface area contributed by atoms with E-state index in [0.29, 0.717) is 0 Å². The van der Waals surface area contributed by atoms with Crippen LogP contribution >= 0.6 is 11.8 Å². The van der Waals surface area contributed by atoms with Crippen LogP contribution in [-0.4, -0.2) is 21.8 Å². The topological polar surface area (TPSA) is 43.8 Å². The van der Waals surface area contributed by atoms with Crippen LogP contribution in [0.1, 0.15) is 17.8 Å². The maximum atomic E-state index is 5.82. The van der Waals surface area contributed by atoms with Gasteiger partial charge in [0.1, 0.15) is 0 Å². The van der Waals surface area contributed by atoms with Crippen molar-refractivity contribution in [3.63, 3.8) is 0 Å². The molecule has 0 aliphatic rings. The molecule has 4 heteroatoms. The van der Waals surface area contributed by atoms with Crippen LogP contribution < -0.4 is 5.73 Å².